The van der Waals surface area contributed by atoms with Gasteiger partial charge in [0, 0.05) is 37.7 Å². The summed E-state index contributed by atoms with van der Waals surface area (Å²) in [7, 11) is 1.55. The smallest absolute Gasteiger partial charge is 0.425 e. The number of nitrogens with zero attached hydrogens (tertiary/aromatic N) is 2. The zero-order chi connectivity index (χ0) is 25.5. The van der Waals surface area contributed by atoms with Crippen LogP contribution in [-0.4, -0.2) is 60.3 Å². The molecule has 5 atom stereocenters. The summed E-state index contributed by atoms with van der Waals surface area (Å²) < 4.78 is 50.6. The highest BCUT2D eigenvalue weighted by Gasteiger charge is 2.53. The average Bonchev–Trinajstić information content (AvgIpc) is 3.55. The van der Waals surface area contributed by atoms with Gasteiger partial charge in [-0.2, -0.15) is 13.2 Å². The second-order valence-electron chi connectivity index (χ2n) is 10.1. The van der Waals surface area contributed by atoms with Gasteiger partial charge >= 0.3 is 6.18 Å². The van der Waals surface area contributed by atoms with E-state index in [1.54, 1.807) is 25.3 Å². The minimum absolute atomic E-state index is 0.113. The number of aliphatic imine (C=N–C) groups is 1. The van der Waals surface area contributed by atoms with Gasteiger partial charge in [0.2, 0.25) is 11.8 Å². The lowest BCUT2D eigenvalue weighted by Crippen LogP contribution is -2.55. The third-order valence-electron chi connectivity index (χ3n) is 6.83. The van der Waals surface area contributed by atoms with E-state index in [9.17, 15) is 22.8 Å². The Morgan fingerprint density at radius 3 is 2.71 bits per heavy atom. The van der Waals surface area contributed by atoms with Crippen LogP contribution in [0.3, 0.4) is 0 Å². The molecule has 3 aliphatic rings. The summed E-state index contributed by atoms with van der Waals surface area (Å²) in [5.74, 6) is -0.933. The Hall–Kier alpha value is -2.82. The fourth-order valence-electron chi connectivity index (χ4n) is 5.09. The van der Waals surface area contributed by atoms with Crippen LogP contribution < -0.4 is 15.8 Å². The minimum atomic E-state index is -4.55. The Balaban J connectivity index is 1.50. The number of amides is 2. The van der Waals surface area contributed by atoms with E-state index >= 15 is 0 Å². The van der Waals surface area contributed by atoms with Crippen LogP contribution >= 0.6 is 0 Å². The number of nitrogens with two attached hydrogens (primary N) is 1. The van der Waals surface area contributed by atoms with Crippen LogP contribution in [0, 0.1) is 11.8 Å². The maximum atomic E-state index is 13.4. The van der Waals surface area contributed by atoms with Crippen LogP contribution in [0.15, 0.2) is 29.3 Å². The molecule has 1 aliphatic carbocycles. The van der Waals surface area contributed by atoms with E-state index in [0.29, 0.717) is 25.0 Å². The predicted octanol–water partition coefficient (Wildman–Crippen LogP) is 2.92. The summed E-state index contributed by atoms with van der Waals surface area (Å²) in [6.07, 6.45) is -5.81. The Bertz CT molecular complexity index is 1010. The van der Waals surface area contributed by atoms with E-state index in [-0.39, 0.29) is 41.9 Å². The number of guanidine groups is 1. The Morgan fingerprint density at radius 2 is 2.06 bits per heavy atom. The van der Waals surface area contributed by atoms with Gasteiger partial charge in [0.25, 0.3) is 0 Å². The Labute approximate surface area is 202 Å². The molecule has 0 aromatic heterocycles. The normalized spacial score (nSPS) is 28.5. The number of ether oxygens (including phenoxy) is 2. The van der Waals surface area contributed by atoms with Crippen LogP contribution in [0.25, 0.3) is 0 Å². The molecule has 3 N–H and O–H groups in total. The van der Waals surface area contributed by atoms with Crippen molar-refractivity contribution in [1.29, 1.82) is 0 Å². The summed E-state index contributed by atoms with van der Waals surface area (Å²) in [4.78, 5) is 32.0. The van der Waals surface area contributed by atoms with E-state index in [0.717, 1.165) is 0 Å². The molecule has 2 heterocycles. The highest BCUT2D eigenvalue weighted by atomic mass is 19.4. The minimum Gasteiger partial charge on any atom is -0.480 e. The van der Waals surface area contributed by atoms with Gasteiger partial charge in [-0.3, -0.25) is 14.5 Å². The fraction of sp³-hybridized carbons (Fsp3) is 0.625. The maximum Gasteiger partial charge on any atom is 0.425 e. The molecule has 0 unspecified atom stereocenters. The average molecular weight is 497 g/mol. The summed E-state index contributed by atoms with van der Waals surface area (Å²) in [5.41, 5.74) is 6.07. The first kappa shape index (κ1) is 25.3. The van der Waals surface area contributed by atoms with Gasteiger partial charge in [0.15, 0.2) is 12.1 Å². The van der Waals surface area contributed by atoms with Gasteiger partial charge in [-0.15, -0.1) is 0 Å². The monoisotopic (exact) mass is 496 g/mol. The number of rotatable bonds is 7. The van der Waals surface area contributed by atoms with Crippen LogP contribution in [0.2, 0.25) is 0 Å². The number of carbonyl (C=O) groups excluding carboxylic acids is 2. The number of benzene rings is 1. The molecule has 0 bridgehead atoms. The van der Waals surface area contributed by atoms with Crippen LogP contribution in [0.1, 0.15) is 51.1 Å². The molecule has 2 aliphatic heterocycles. The summed E-state index contributed by atoms with van der Waals surface area (Å²) >= 11 is 0. The van der Waals surface area contributed by atoms with Crippen molar-refractivity contribution in [1.82, 2.24) is 10.2 Å². The molecule has 1 fully saturated rings. The van der Waals surface area contributed by atoms with E-state index in [2.05, 4.69) is 10.3 Å². The Kier molecular flexibility index (Phi) is 6.74. The molecular weight excluding hydrogens is 465 g/mol. The topological polar surface area (TPSA) is 106 Å². The van der Waals surface area contributed by atoms with Crippen LogP contribution in [0.4, 0.5) is 13.2 Å². The number of hydrogen-bond acceptors (Lipinski definition) is 6. The number of carbonyl (C=O) groups is 2. The zero-order valence-electron chi connectivity index (χ0n) is 20.0. The second-order valence-corrected chi connectivity index (χ2v) is 10.1. The number of fused-ring (bicyclic) bond motifs is 1. The van der Waals surface area contributed by atoms with Gasteiger partial charge in [-0.25, -0.2) is 4.99 Å². The summed E-state index contributed by atoms with van der Waals surface area (Å²) in [6.45, 7) is 4.01. The maximum absolute atomic E-state index is 13.4. The summed E-state index contributed by atoms with van der Waals surface area (Å²) in [6, 6.07) is 5.20. The highest BCUT2D eigenvalue weighted by molar-refractivity contribution is 5.99. The van der Waals surface area contributed by atoms with Crippen molar-refractivity contribution >= 4 is 17.8 Å². The number of hydrogen-bond donors (Lipinski definition) is 2. The van der Waals surface area contributed by atoms with Crippen molar-refractivity contribution in [3.8, 4) is 5.75 Å². The lowest BCUT2D eigenvalue weighted by molar-refractivity contribution is -0.201. The van der Waals surface area contributed by atoms with Crippen LogP contribution in [-0.2, 0) is 14.3 Å². The highest BCUT2D eigenvalue weighted by Crippen LogP contribution is 2.47. The predicted molar refractivity (Wildman–Crippen MR) is 121 cm³/mol. The first-order valence-electron chi connectivity index (χ1n) is 11.7. The van der Waals surface area contributed by atoms with Crippen molar-refractivity contribution in [2.75, 3.05) is 13.7 Å². The van der Waals surface area contributed by atoms with Gasteiger partial charge in [0.1, 0.15) is 5.75 Å². The van der Waals surface area contributed by atoms with Gasteiger partial charge in [0.05, 0.1) is 18.0 Å². The van der Waals surface area contributed by atoms with E-state index in [4.69, 9.17) is 15.2 Å². The van der Waals surface area contributed by atoms with E-state index in [1.807, 2.05) is 13.8 Å². The number of nitrogens with one attached hydrogen (secondary N) is 1. The fourth-order valence-corrected chi connectivity index (χ4v) is 5.09. The SMILES string of the molecule is COCC[C@H]([C@H]1C[C@@H]1C(=O)N[C@@H]1C[C@@H](C(F)(F)F)Oc2ccccc21)N1C(=O)CC(C)(C)N=C1N. The van der Waals surface area contributed by atoms with E-state index in [1.165, 1.54) is 11.0 Å². The first-order chi connectivity index (χ1) is 16.4. The molecule has 1 aromatic rings. The molecule has 0 saturated heterocycles. The van der Waals surface area contributed by atoms with Gasteiger partial charge < -0.3 is 20.5 Å². The third kappa shape index (κ3) is 5.39. The molecule has 11 heteroatoms. The van der Waals surface area contributed by atoms with Crippen molar-refractivity contribution in [2.45, 2.75) is 69.4 Å². The van der Waals surface area contributed by atoms with Crippen molar-refractivity contribution in [2.24, 2.45) is 22.6 Å². The lowest BCUT2D eigenvalue weighted by atomic mass is 9.95. The molecule has 2 amide bonds. The molecular formula is C24H31F3N4O4. The number of methoxy groups -OCH3 is 1. The Morgan fingerprint density at radius 1 is 1.34 bits per heavy atom. The van der Waals surface area contributed by atoms with Crippen molar-refractivity contribution < 1.29 is 32.2 Å². The molecule has 0 radical (unpaired) electrons. The molecule has 192 valence electrons. The largest absolute Gasteiger partial charge is 0.480 e. The van der Waals surface area contributed by atoms with Crippen molar-refractivity contribution in [3.63, 3.8) is 0 Å². The van der Waals surface area contributed by atoms with Crippen molar-refractivity contribution in [3.05, 3.63) is 29.8 Å². The lowest BCUT2D eigenvalue weighted by Gasteiger charge is -2.38. The quantitative estimate of drug-likeness (QED) is 0.604. The number of alkyl halides is 3. The molecule has 1 saturated carbocycles. The summed E-state index contributed by atoms with van der Waals surface area (Å²) in [5, 5.41) is 2.80. The van der Waals surface area contributed by atoms with Crippen LogP contribution in [0.5, 0.6) is 5.75 Å². The first-order valence-corrected chi connectivity index (χ1v) is 11.7. The van der Waals surface area contributed by atoms with E-state index < -0.39 is 36.2 Å². The standard InChI is InChI=1S/C24H31F3N4O4/c1-23(2)12-20(32)31(22(28)30-23)17(8-9-34-3)14-10-15(14)21(33)29-16-11-19(24(25,26)27)35-18-7-5-4-6-13(16)18/h4-7,14-17,19H,8-12H2,1-3H3,(H2,28,30)(H,29,33)/t14-,15-,16+,17+,19-/m0/s1. The molecule has 4 rings (SSSR count). The van der Waals surface area contributed by atoms with Gasteiger partial charge in [-0.1, -0.05) is 18.2 Å². The molecule has 0 spiro atoms. The zero-order valence-corrected chi connectivity index (χ0v) is 20.0. The van der Waals surface area contributed by atoms with Gasteiger partial charge in [-0.05, 0) is 38.7 Å². The second kappa shape index (κ2) is 9.33. The third-order valence-corrected chi connectivity index (χ3v) is 6.83. The molecule has 35 heavy (non-hydrogen) atoms. The molecule has 1 aromatic carbocycles. The molecule has 8 nitrogen and oxygen atoms in total. The number of para-hydroxylation sites is 1. The number of halogens is 3.